The molecule has 0 spiro atoms. The lowest BCUT2D eigenvalue weighted by atomic mass is 9.83. The van der Waals surface area contributed by atoms with E-state index in [1.165, 1.54) is 68.1 Å². The van der Waals surface area contributed by atoms with Gasteiger partial charge in [0.2, 0.25) is 41.4 Å². The highest BCUT2D eigenvalue weighted by molar-refractivity contribution is 6.31. The van der Waals surface area contributed by atoms with Gasteiger partial charge in [0.25, 0.3) is 0 Å². The van der Waals surface area contributed by atoms with Gasteiger partial charge >= 0.3 is 0 Å². The molecule has 75 heavy (non-hydrogen) atoms. The van der Waals surface area contributed by atoms with E-state index in [-0.39, 0.29) is 79.3 Å². The van der Waals surface area contributed by atoms with Gasteiger partial charge in [-0.2, -0.15) is 0 Å². The Labute approximate surface area is 451 Å². The van der Waals surface area contributed by atoms with Crippen molar-refractivity contribution in [3.8, 4) is 0 Å². The molecule has 0 aromatic heterocycles. The van der Waals surface area contributed by atoms with Crippen molar-refractivity contribution in [3.63, 3.8) is 0 Å². The number of aldehydes is 1. The van der Waals surface area contributed by atoms with Crippen molar-refractivity contribution >= 4 is 59.2 Å². The average Bonchev–Trinajstić information content (AvgIpc) is 4.11. The highest BCUT2D eigenvalue weighted by atomic mass is 35.5. The minimum atomic E-state index is -1.25. The lowest BCUT2D eigenvalue weighted by molar-refractivity contribution is -0.151. The molecule has 412 valence electrons. The van der Waals surface area contributed by atoms with Crippen molar-refractivity contribution in [2.45, 2.75) is 141 Å². The normalized spacial score (nSPS) is 18.6. The third kappa shape index (κ3) is 16.6. The van der Waals surface area contributed by atoms with Crippen LogP contribution in [0.5, 0.6) is 0 Å². The average molecular weight is 1060 g/mol. The second kappa shape index (κ2) is 28.9. The molecule has 2 saturated carbocycles. The molecule has 16 nitrogen and oxygen atoms in total. The zero-order valence-corrected chi connectivity index (χ0v) is 47.1. The molecule has 3 aliphatic carbocycles. The van der Waals surface area contributed by atoms with Gasteiger partial charge in [-0.05, 0) is 96.2 Å². The first-order chi connectivity index (χ1) is 35.4. The van der Waals surface area contributed by atoms with Gasteiger partial charge < -0.3 is 44.8 Å². The van der Waals surface area contributed by atoms with Gasteiger partial charge in [-0.25, -0.2) is 0 Å². The molecule has 6 atom stereocenters. The monoisotopic (exact) mass is 1060 g/mol. The maximum atomic E-state index is 15.0. The van der Waals surface area contributed by atoms with Crippen molar-refractivity contribution in [1.82, 2.24) is 40.0 Å². The van der Waals surface area contributed by atoms with E-state index < -0.39 is 59.9 Å². The molecule has 7 amide bonds. The van der Waals surface area contributed by atoms with Gasteiger partial charge in [-0.3, -0.25) is 33.6 Å². The molecule has 5 unspecified atom stereocenters. The number of likely N-dealkylation sites (N-methyl/N-ethyl adjacent to an activating group) is 5. The van der Waals surface area contributed by atoms with E-state index in [2.05, 4.69) is 30.4 Å². The van der Waals surface area contributed by atoms with E-state index in [4.69, 9.17) is 11.6 Å². The van der Waals surface area contributed by atoms with Crippen molar-refractivity contribution in [3.05, 3.63) is 95.2 Å². The van der Waals surface area contributed by atoms with Crippen molar-refractivity contribution < 1.29 is 38.4 Å². The van der Waals surface area contributed by atoms with Crippen molar-refractivity contribution in [2.75, 3.05) is 61.9 Å². The molecular weight excluding hydrogens is 972 g/mol. The molecule has 17 heteroatoms. The van der Waals surface area contributed by atoms with Gasteiger partial charge in [-0.1, -0.05) is 123 Å². The Hall–Kier alpha value is -5.87. The van der Waals surface area contributed by atoms with Crippen LogP contribution in [0.25, 0.3) is 0 Å². The molecule has 0 radical (unpaired) electrons. The number of carbonyl (C=O) groups excluding carboxylic acids is 8. The Morgan fingerprint density at radius 2 is 1.45 bits per heavy atom. The van der Waals surface area contributed by atoms with Gasteiger partial charge in [0.1, 0.15) is 36.5 Å². The summed E-state index contributed by atoms with van der Waals surface area (Å²) in [6, 6.07) is -5.79. The van der Waals surface area contributed by atoms with Crippen LogP contribution in [-0.4, -0.2) is 175 Å². The third-order valence-corrected chi connectivity index (χ3v) is 15.3. The molecule has 4 bridgehead atoms. The second-order valence-electron chi connectivity index (χ2n) is 21.7. The molecule has 4 aliphatic rings. The summed E-state index contributed by atoms with van der Waals surface area (Å²) < 4.78 is 0. The fraction of sp³-hybridized carbons (Fsp3) is 0.586. The Kier molecular flexibility index (Phi) is 23.7. The SMILES string of the molecule is C=C/C=C\C=C\CC(NC(=O)C(C(C)C)N(C)C(=O)CN(C)C)C(=O)N(C)C(CC(=C)/C=C(/Cl)C=C)C(=O)N(C)[C@@H](CC(C)C)C(=O)N(C)CCC(=O)N1CCCC1C(=O)NC(C=O)CC1C2=C3CCC(=C1CC2)C3. The highest BCUT2D eigenvalue weighted by Gasteiger charge is 2.42. The van der Waals surface area contributed by atoms with E-state index in [1.54, 1.807) is 68.4 Å². The van der Waals surface area contributed by atoms with E-state index >= 15 is 4.79 Å². The number of hydrogen-bond acceptors (Lipinski definition) is 9. The van der Waals surface area contributed by atoms with Crippen LogP contribution in [-0.2, 0) is 38.4 Å². The summed E-state index contributed by atoms with van der Waals surface area (Å²) >= 11 is 6.34. The van der Waals surface area contributed by atoms with Crippen LogP contribution >= 0.6 is 11.6 Å². The van der Waals surface area contributed by atoms with Gasteiger partial charge in [0, 0.05) is 65.1 Å². The molecule has 3 fully saturated rings. The number of nitrogens with zero attached hydrogens (tertiary/aromatic N) is 6. The summed E-state index contributed by atoms with van der Waals surface area (Å²) in [6.45, 7) is 19.4. The van der Waals surface area contributed by atoms with Crippen LogP contribution in [0.2, 0.25) is 0 Å². The van der Waals surface area contributed by atoms with Crippen LogP contribution in [0.4, 0.5) is 0 Å². The molecule has 2 N–H and O–H groups in total. The number of nitrogens with one attached hydrogen (secondary N) is 2. The minimum absolute atomic E-state index is 0.000317. The number of amides is 7. The lowest BCUT2D eigenvalue weighted by Crippen LogP contribution is -2.59. The molecule has 1 saturated heterocycles. The number of likely N-dealkylation sites (tertiary alicyclic amines) is 1. The van der Waals surface area contributed by atoms with Gasteiger partial charge in [0.15, 0.2) is 0 Å². The fourth-order valence-electron chi connectivity index (χ4n) is 11.0. The Morgan fingerprint density at radius 3 is 2.03 bits per heavy atom. The standard InChI is InChI=1S/C58H85ClN8O8/c1-14-16-17-18-19-21-47(61-55(72)53(38(5)6)66(13)52(70)35-62(8)9)56(73)64(11)50(32-39(7)31-42(59)15-2)58(75)65(12)49(30-37(3)4)57(74)63(10)29-27-51(69)67-28-20-22-48(67)54(71)60-43(36-68)34-46-44-25-26-45(46)41-24-23-40(44)33-41/h14-19,31,36-38,43,46-50,53H,1-2,7,20-30,32-35H2,3-6,8-13H3,(H,60,71)(H,61,72)/b17-16-,19-18+,42-31+/t43?,47?,48?,49-,50?,53?/m0/s1. The van der Waals surface area contributed by atoms with Gasteiger partial charge in [-0.15, -0.1) is 0 Å². The van der Waals surface area contributed by atoms with E-state index in [0.29, 0.717) is 31.4 Å². The second-order valence-corrected chi connectivity index (χ2v) is 22.1. The molecule has 0 aromatic rings. The smallest absolute Gasteiger partial charge is 0.246 e. The highest BCUT2D eigenvalue weighted by Crippen LogP contribution is 2.53. The first kappa shape index (κ1) is 61.7. The quantitative estimate of drug-likeness (QED) is 0.0496. The van der Waals surface area contributed by atoms with Crippen LogP contribution in [0, 0.1) is 17.8 Å². The summed E-state index contributed by atoms with van der Waals surface area (Å²) in [5.74, 6) is -3.30. The Bertz CT molecular complexity index is 2300. The predicted octanol–water partition coefficient (Wildman–Crippen LogP) is 6.27. The largest absolute Gasteiger partial charge is 0.345 e. The van der Waals surface area contributed by atoms with Gasteiger partial charge in [0.05, 0.1) is 12.6 Å². The number of carbonyl (C=O) groups is 8. The van der Waals surface area contributed by atoms with Crippen LogP contribution < -0.4 is 10.6 Å². The van der Waals surface area contributed by atoms with Crippen LogP contribution in [0.1, 0.15) is 105 Å². The summed E-state index contributed by atoms with van der Waals surface area (Å²) in [5, 5.41) is 6.11. The Balaban J connectivity index is 1.53. The van der Waals surface area contributed by atoms with Crippen molar-refractivity contribution in [1.29, 1.82) is 0 Å². The first-order valence-corrected chi connectivity index (χ1v) is 26.9. The summed E-state index contributed by atoms with van der Waals surface area (Å²) in [5.41, 5.74) is 6.30. The number of rotatable bonds is 29. The maximum Gasteiger partial charge on any atom is 0.246 e. The maximum absolute atomic E-state index is 15.0. The number of fused-ring (bicyclic) bond motifs is 4. The topological polar surface area (TPSA) is 180 Å². The lowest BCUT2D eigenvalue weighted by Gasteiger charge is -2.38. The van der Waals surface area contributed by atoms with E-state index in [1.807, 2.05) is 27.7 Å². The van der Waals surface area contributed by atoms with E-state index in [9.17, 15) is 33.6 Å². The zero-order valence-electron chi connectivity index (χ0n) is 46.4. The number of allylic oxidation sites excluding steroid dienone is 11. The minimum Gasteiger partial charge on any atom is -0.345 e. The molecule has 0 aromatic carbocycles. The molecule has 1 aliphatic heterocycles. The van der Waals surface area contributed by atoms with E-state index in [0.717, 1.165) is 38.4 Å². The first-order valence-electron chi connectivity index (χ1n) is 26.5. The molecular formula is C58H85ClN8O8. The summed E-state index contributed by atoms with van der Waals surface area (Å²) in [7, 11) is 9.59. The fourth-order valence-corrected chi connectivity index (χ4v) is 11.2. The third-order valence-electron chi connectivity index (χ3n) is 15.0. The summed E-state index contributed by atoms with van der Waals surface area (Å²) in [6.07, 6.45) is 19.2. The number of halogens is 1. The Morgan fingerprint density at radius 1 is 0.813 bits per heavy atom. The van der Waals surface area contributed by atoms with Crippen LogP contribution in [0.3, 0.4) is 0 Å². The van der Waals surface area contributed by atoms with Crippen LogP contribution in [0.15, 0.2) is 95.2 Å². The van der Waals surface area contributed by atoms with Crippen molar-refractivity contribution in [2.24, 2.45) is 17.8 Å². The summed E-state index contributed by atoms with van der Waals surface area (Å²) in [4.78, 5) is 120. The number of hydrogen-bond donors (Lipinski definition) is 2. The molecule has 1 heterocycles. The predicted molar refractivity (Wildman–Crippen MR) is 296 cm³/mol. The molecule has 4 rings (SSSR count). The zero-order chi connectivity index (χ0) is 55.8.